The molecule has 0 aromatic carbocycles. The first-order chi connectivity index (χ1) is 8.00. The van der Waals surface area contributed by atoms with E-state index in [1.165, 1.54) is 35.3 Å². The Morgan fingerprint density at radius 1 is 1.59 bits per heavy atom. The number of nitrogens with zero attached hydrogens (tertiary/aromatic N) is 1. The predicted octanol–water partition coefficient (Wildman–Crippen LogP) is 1.26. The number of carbonyl (C=O) groups excluding carboxylic acids is 2. The highest BCUT2D eigenvalue weighted by Gasteiger charge is 2.48. The van der Waals surface area contributed by atoms with Gasteiger partial charge in [-0.3, -0.25) is 14.5 Å². The van der Waals surface area contributed by atoms with Gasteiger partial charge in [-0.2, -0.15) is 0 Å². The summed E-state index contributed by atoms with van der Waals surface area (Å²) >= 11 is 2.75. The van der Waals surface area contributed by atoms with E-state index in [9.17, 15) is 14.4 Å². The number of carboxylic acids is 1. The summed E-state index contributed by atoms with van der Waals surface area (Å²) in [6, 6.07) is 0. The average Bonchev–Trinajstić information content (AvgIpc) is 2.50. The molecule has 2 rings (SSSR count). The van der Waals surface area contributed by atoms with E-state index in [0.29, 0.717) is 22.8 Å². The van der Waals surface area contributed by atoms with Crippen LogP contribution in [0.15, 0.2) is 9.93 Å². The minimum absolute atomic E-state index is 0.0478. The molecule has 1 atom stereocenters. The van der Waals surface area contributed by atoms with Crippen LogP contribution in [0.5, 0.6) is 0 Å². The van der Waals surface area contributed by atoms with Gasteiger partial charge >= 0.3 is 5.97 Å². The van der Waals surface area contributed by atoms with Crippen molar-refractivity contribution in [3.05, 3.63) is 9.93 Å². The molecule has 2 aliphatic rings. The minimum Gasteiger partial charge on any atom is -0.477 e. The van der Waals surface area contributed by atoms with Gasteiger partial charge < -0.3 is 5.11 Å². The van der Waals surface area contributed by atoms with Crippen LogP contribution in [0, 0.1) is 0 Å². The second-order valence-corrected chi connectivity index (χ2v) is 6.33. The third kappa shape index (κ3) is 2.35. The molecule has 0 aliphatic carbocycles. The molecule has 0 bridgehead atoms. The van der Waals surface area contributed by atoms with Crippen molar-refractivity contribution in [2.75, 3.05) is 5.75 Å². The van der Waals surface area contributed by atoms with Crippen LogP contribution < -0.4 is 0 Å². The number of carboxylic acid groups (broad SMARTS) is 1. The molecule has 92 valence electrons. The highest BCUT2D eigenvalue weighted by atomic mass is 32.2. The van der Waals surface area contributed by atoms with Crippen LogP contribution in [-0.2, 0) is 14.4 Å². The number of hydrogen-bond acceptors (Lipinski definition) is 5. The number of carbonyl (C=O) groups is 3. The van der Waals surface area contributed by atoms with E-state index in [1.54, 1.807) is 0 Å². The molecule has 0 radical (unpaired) electrons. The van der Waals surface area contributed by atoms with Gasteiger partial charge in [0.2, 0.25) is 5.91 Å². The van der Waals surface area contributed by atoms with E-state index in [1.807, 2.05) is 0 Å². The summed E-state index contributed by atoms with van der Waals surface area (Å²) in [5.41, 5.74) is 0.0878. The largest absolute Gasteiger partial charge is 0.477 e. The van der Waals surface area contributed by atoms with Crippen molar-refractivity contribution in [2.45, 2.75) is 25.1 Å². The highest BCUT2D eigenvalue weighted by Crippen LogP contribution is 2.50. The summed E-state index contributed by atoms with van der Waals surface area (Å²) in [6.45, 7) is 1.51. The van der Waals surface area contributed by atoms with Crippen molar-refractivity contribution < 1.29 is 19.5 Å². The summed E-state index contributed by atoms with van der Waals surface area (Å²) in [5.74, 6) is -0.568. The molecule has 7 heteroatoms. The van der Waals surface area contributed by atoms with Crippen molar-refractivity contribution in [3.63, 3.8) is 0 Å². The van der Waals surface area contributed by atoms with Crippen molar-refractivity contribution in [3.8, 4) is 0 Å². The first-order valence-electron chi connectivity index (χ1n) is 5.09. The van der Waals surface area contributed by atoms with Crippen molar-refractivity contribution in [1.82, 2.24) is 4.90 Å². The third-order valence-electron chi connectivity index (χ3n) is 2.47. The lowest BCUT2D eigenvalue weighted by Crippen LogP contribution is -2.48. The van der Waals surface area contributed by atoms with Gasteiger partial charge in [-0.25, -0.2) is 4.79 Å². The molecule has 17 heavy (non-hydrogen) atoms. The summed E-state index contributed by atoms with van der Waals surface area (Å²) in [6.07, 6.45) is 0.818. The molecule has 0 aromatic heterocycles. The molecule has 1 saturated heterocycles. The van der Waals surface area contributed by atoms with Gasteiger partial charge in [0.1, 0.15) is 5.78 Å². The van der Waals surface area contributed by atoms with Crippen LogP contribution in [-0.4, -0.2) is 38.8 Å². The minimum atomic E-state index is -1.07. The molecule has 1 fully saturated rings. The van der Waals surface area contributed by atoms with Crippen LogP contribution in [0.4, 0.5) is 0 Å². The van der Waals surface area contributed by atoms with Gasteiger partial charge in [0.05, 0.1) is 16.0 Å². The lowest BCUT2D eigenvalue weighted by atomic mass is 10.2. The molecular weight excluding hydrogens is 262 g/mol. The Labute approximate surface area is 107 Å². The number of aliphatic carboxylic acids is 1. The predicted molar refractivity (Wildman–Crippen MR) is 65.3 cm³/mol. The van der Waals surface area contributed by atoms with Gasteiger partial charge in [-0.15, -0.1) is 11.8 Å². The van der Waals surface area contributed by atoms with E-state index in [-0.39, 0.29) is 22.8 Å². The van der Waals surface area contributed by atoms with Crippen molar-refractivity contribution >= 4 is 41.2 Å². The maximum atomic E-state index is 11.3. The Bertz CT molecular complexity index is 432. The lowest BCUT2D eigenvalue weighted by molar-refractivity contribution is -0.145. The van der Waals surface area contributed by atoms with Crippen molar-refractivity contribution in [2.24, 2.45) is 0 Å². The van der Waals surface area contributed by atoms with Crippen LogP contribution >= 0.6 is 23.5 Å². The second kappa shape index (κ2) is 4.73. The third-order valence-corrected chi connectivity index (χ3v) is 5.04. The molecule has 0 aromatic rings. The zero-order chi connectivity index (χ0) is 12.6. The van der Waals surface area contributed by atoms with Crippen LogP contribution in [0.25, 0.3) is 0 Å². The Balaban J connectivity index is 2.07. The number of hydrogen-bond donors (Lipinski definition) is 1. The average molecular weight is 273 g/mol. The quantitative estimate of drug-likeness (QED) is 0.760. The monoisotopic (exact) mass is 273 g/mol. The number of thioether (sulfide) groups is 2. The zero-order valence-corrected chi connectivity index (χ0v) is 10.8. The van der Waals surface area contributed by atoms with Gasteiger partial charge in [-0.1, -0.05) is 11.8 Å². The van der Waals surface area contributed by atoms with Gasteiger partial charge in [0.15, 0.2) is 5.70 Å². The fourth-order valence-electron chi connectivity index (χ4n) is 1.61. The molecule has 0 spiro atoms. The number of ketones is 1. The smallest absolute Gasteiger partial charge is 0.354 e. The molecule has 2 aliphatic heterocycles. The summed E-state index contributed by atoms with van der Waals surface area (Å²) in [5, 5.41) is 9.04. The summed E-state index contributed by atoms with van der Waals surface area (Å²) in [4.78, 5) is 34.6. The van der Waals surface area contributed by atoms with Gasteiger partial charge in [0.25, 0.3) is 0 Å². The maximum absolute atomic E-state index is 11.3. The Morgan fingerprint density at radius 3 is 2.82 bits per heavy atom. The number of rotatable bonds is 5. The zero-order valence-electron chi connectivity index (χ0n) is 9.13. The lowest BCUT2D eigenvalue weighted by Gasteiger charge is -2.33. The molecule has 0 saturated carbocycles. The topological polar surface area (TPSA) is 74.7 Å². The van der Waals surface area contributed by atoms with E-state index >= 15 is 0 Å². The van der Waals surface area contributed by atoms with Crippen LogP contribution in [0.3, 0.4) is 0 Å². The first-order valence-corrected chi connectivity index (χ1v) is 6.95. The Kier molecular flexibility index (Phi) is 3.48. The standard InChI is InChI=1S/C10H11NO4S2/c1-5(12)2-3-16-10-8(9(14)15)11-6(13)4-7(11)17-10/h7H,2-4H2,1H3,(H,14,15)/t7-/m0/s1. The van der Waals surface area contributed by atoms with E-state index < -0.39 is 5.97 Å². The molecular formula is C10H11NO4S2. The highest BCUT2D eigenvalue weighted by molar-refractivity contribution is 8.22. The first kappa shape index (κ1) is 12.5. The number of fused-ring (bicyclic) bond motifs is 1. The number of Topliss-reactive ketones (excluding diaryl/α,β-unsaturated/α-hetero) is 1. The fourth-order valence-corrected chi connectivity index (χ4v) is 4.46. The fraction of sp³-hybridized carbons (Fsp3) is 0.500. The van der Waals surface area contributed by atoms with Gasteiger partial charge in [0, 0.05) is 12.2 Å². The molecule has 1 amide bonds. The molecule has 2 heterocycles. The van der Waals surface area contributed by atoms with E-state index in [4.69, 9.17) is 5.11 Å². The van der Waals surface area contributed by atoms with Crippen molar-refractivity contribution in [1.29, 1.82) is 0 Å². The summed E-state index contributed by atoms with van der Waals surface area (Å²) < 4.78 is 0.648. The molecule has 1 N–H and O–H groups in total. The molecule has 0 unspecified atom stereocenters. The van der Waals surface area contributed by atoms with E-state index in [0.717, 1.165) is 0 Å². The molecule has 5 nitrogen and oxygen atoms in total. The Morgan fingerprint density at radius 2 is 2.29 bits per heavy atom. The number of β-lactam (4-membered cyclic amide) rings is 1. The second-order valence-electron chi connectivity index (χ2n) is 3.78. The normalized spacial score (nSPS) is 22.5. The van der Waals surface area contributed by atoms with E-state index in [2.05, 4.69) is 0 Å². The van der Waals surface area contributed by atoms with Crippen LogP contribution in [0.2, 0.25) is 0 Å². The van der Waals surface area contributed by atoms with Gasteiger partial charge in [-0.05, 0) is 6.92 Å². The number of amides is 1. The maximum Gasteiger partial charge on any atom is 0.354 e. The van der Waals surface area contributed by atoms with Crippen LogP contribution in [0.1, 0.15) is 19.8 Å². The Hall–Kier alpha value is -0.950. The SMILES string of the molecule is CC(=O)CCSC1=C(C(=O)O)N2C(=O)C[C@@H]2S1. The summed E-state index contributed by atoms with van der Waals surface area (Å²) in [7, 11) is 0.